The molecular formula is C16H14N4O3S. The Labute approximate surface area is 142 Å². The Morgan fingerprint density at radius 2 is 1.96 bits per heavy atom. The van der Waals surface area contributed by atoms with Crippen molar-refractivity contribution in [2.24, 2.45) is 0 Å². The minimum absolute atomic E-state index is 0.207. The molecule has 0 unspecified atom stereocenters. The second kappa shape index (κ2) is 6.79. The molecular weight excluding hydrogens is 328 g/mol. The van der Waals surface area contributed by atoms with Crippen LogP contribution in [-0.4, -0.2) is 43.9 Å². The molecule has 0 fully saturated rings. The van der Waals surface area contributed by atoms with Crippen LogP contribution < -0.4 is 0 Å². The molecule has 0 aliphatic carbocycles. The van der Waals surface area contributed by atoms with Crippen LogP contribution in [0.15, 0.2) is 35.6 Å². The van der Waals surface area contributed by atoms with Gasteiger partial charge in [0, 0.05) is 5.56 Å². The third-order valence-corrected chi connectivity index (χ3v) is 3.79. The number of hydrogen-bond donors (Lipinski definition) is 1. The van der Waals surface area contributed by atoms with Crippen molar-refractivity contribution in [1.29, 1.82) is 0 Å². The lowest BCUT2D eigenvalue weighted by Gasteiger charge is -2.06. The van der Waals surface area contributed by atoms with Gasteiger partial charge in [-0.1, -0.05) is 23.9 Å². The Morgan fingerprint density at radius 3 is 2.62 bits per heavy atom. The molecule has 0 bridgehead atoms. The molecule has 24 heavy (non-hydrogen) atoms. The van der Waals surface area contributed by atoms with Gasteiger partial charge in [0.1, 0.15) is 0 Å². The maximum atomic E-state index is 11.7. The highest BCUT2D eigenvalue weighted by atomic mass is 32.2. The number of aromatic hydroxyl groups is 1. The summed E-state index contributed by atoms with van der Waals surface area (Å²) in [6, 6.07) is 6.81. The number of benzene rings is 1. The van der Waals surface area contributed by atoms with E-state index in [1.54, 1.807) is 37.4 Å². The lowest BCUT2D eigenvalue weighted by molar-refractivity contribution is 0.0526. The van der Waals surface area contributed by atoms with Gasteiger partial charge < -0.3 is 9.84 Å². The van der Waals surface area contributed by atoms with Crippen LogP contribution in [0.1, 0.15) is 17.3 Å². The third kappa shape index (κ3) is 3.13. The first-order chi connectivity index (χ1) is 11.6. The van der Waals surface area contributed by atoms with Gasteiger partial charge in [-0.3, -0.25) is 0 Å². The fourth-order valence-electron chi connectivity index (χ4n) is 2.10. The number of aromatic nitrogens is 4. The number of hydrogen-bond acceptors (Lipinski definition) is 8. The summed E-state index contributed by atoms with van der Waals surface area (Å²) < 4.78 is 4.95. The quantitative estimate of drug-likeness (QED) is 0.439. The van der Waals surface area contributed by atoms with Crippen LogP contribution in [0, 0.1) is 0 Å². The zero-order valence-electron chi connectivity index (χ0n) is 13.1. The van der Waals surface area contributed by atoms with E-state index in [-0.39, 0.29) is 17.4 Å². The molecule has 0 saturated heterocycles. The number of thioether (sulfide) groups is 1. The second-order valence-electron chi connectivity index (χ2n) is 4.76. The number of nitrogens with zero attached hydrogens (tertiary/aromatic N) is 4. The van der Waals surface area contributed by atoms with Crippen molar-refractivity contribution in [2.75, 3.05) is 12.9 Å². The predicted octanol–water partition coefficient (Wildman–Crippen LogP) is 2.69. The van der Waals surface area contributed by atoms with Crippen molar-refractivity contribution >= 4 is 28.9 Å². The minimum atomic E-state index is -0.371. The van der Waals surface area contributed by atoms with Gasteiger partial charge in [-0.2, -0.15) is 4.98 Å². The molecule has 0 amide bonds. The summed E-state index contributed by atoms with van der Waals surface area (Å²) in [7, 11) is 0. The number of carbonyl (C=O) groups excluding carboxylic acids is 1. The molecule has 1 N–H and O–H groups in total. The van der Waals surface area contributed by atoms with Crippen molar-refractivity contribution < 1.29 is 14.6 Å². The summed E-state index contributed by atoms with van der Waals surface area (Å²) >= 11 is 1.31. The van der Waals surface area contributed by atoms with Crippen LogP contribution in [0.5, 0.6) is 5.88 Å². The smallest absolute Gasteiger partial charge is 0.338 e. The Hall–Kier alpha value is -2.74. The highest BCUT2D eigenvalue weighted by Crippen LogP contribution is 2.25. The van der Waals surface area contributed by atoms with E-state index in [1.165, 1.54) is 11.8 Å². The van der Waals surface area contributed by atoms with Gasteiger partial charge in [0.2, 0.25) is 5.88 Å². The molecule has 0 aliphatic rings. The van der Waals surface area contributed by atoms with Crippen LogP contribution >= 0.6 is 11.8 Å². The molecule has 2 heterocycles. The molecule has 8 heteroatoms. The van der Waals surface area contributed by atoms with Gasteiger partial charge in [0.15, 0.2) is 16.3 Å². The van der Waals surface area contributed by atoms with Crippen molar-refractivity contribution in [3.05, 3.63) is 36.0 Å². The summed E-state index contributed by atoms with van der Waals surface area (Å²) in [5.41, 5.74) is 2.34. The van der Waals surface area contributed by atoms with Gasteiger partial charge in [0.25, 0.3) is 0 Å². The first-order valence-corrected chi connectivity index (χ1v) is 8.40. The monoisotopic (exact) mass is 342 g/mol. The maximum absolute atomic E-state index is 11.7. The summed E-state index contributed by atoms with van der Waals surface area (Å²) in [6.45, 7) is 2.09. The van der Waals surface area contributed by atoms with E-state index in [4.69, 9.17) is 4.74 Å². The lowest BCUT2D eigenvalue weighted by Crippen LogP contribution is -2.04. The number of carbonyl (C=O) groups is 1. The largest absolute Gasteiger partial charge is 0.492 e. The zero-order chi connectivity index (χ0) is 17.1. The molecule has 0 atom stereocenters. The summed E-state index contributed by atoms with van der Waals surface area (Å²) in [5, 5.41) is 10.4. The van der Waals surface area contributed by atoms with Crippen LogP contribution in [0.4, 0.5) is 0 Å². The Kier molecular flexibility index (Phi) is 4.57. The summed E-state index contributed by atoms with van der Waals surface area (Å²) in [5.74, 6) is -0.578. The molecule has 2 aromatic heterocycles. The fourth-order valence-corrected chi connectivity index (χ4v) is 2.45. The molecule has 1 aromatic carbocycles. The van der Waals surface area contributed by atoms with E-state index in [0.717, 1.165) is 5.56 Å². The molecule has 3 aromatic rings. The molecule has 7 nitrogen and oxygen atoms in total. The van der Waals surface area contributed by atoms with E-state index >= 15 is 0 Å². The maximum Gasteiger partial charge on any atom is 0.338 e. The number of ether oxygens (including phenoxy) is 1. The van der Waals surface area contributed by atoms with E-state index in [2.05, 4.69) is 19.9 Å². The fraction of sp³-hybridized carbons (Fsp3) is 0.188. The van der Waals surface area contributed by atoms with Gasteiger partial charge in [-0.25, -0.2) is 19.7 Å². The number of rotatable bonds is 4. The summed E-state index contributed by atoms with van der Waals surface area (Å²) in [4.78, 5) is 28.4. The van der Waals surface area contributed by atoms with Crippen molar-refractivity contribution in [3.63, 3.8) is 0 Å². The van der Waals surface area contributed by atoms with Gasteiger partial charge in [-0.05, 0) is 25.3 Å². The van der Waals surface area contributed by atoms with Crippen LogP contribution in [-0.2, 0) is 4.74 Å². The van der Waals surface area contributed by atoms with Crippen LogP contribution in [0.3, 0.4) is 0 Å². The van der Waals surface area contributed by atoms with Crippen molar-refractivity contribution in [3.8, 4) is 17.1 Å². The predicted molar refractivity (Wildman–Crippen MR) is 90.0 cm³/mol. The standard InChI is InChI=1S/C16H14N4O3S/c1-3-23-15(22)10-6-4-9(5-7-10)11-8-17-13-12(18-11)14(21)20-16(19-13)24-2/h4-8H,3H2,1-2H3,(H,17,19,20,21). The molecule has 3 rings (SSSR count). The Bertz CT molecular complexity index is 900. The van der Waals surface area contributed by atoms with Crippen molar-refractivity contribution in [2.45, 2.75) is 12.1 Å². The molecule has 0 aliphatic heterocycles. The average Bonchev–Trinajstić information content (AvgIpc) is 2.61. The second-order valence-corrected chi connectivity index (χ2v) is 5.53. The van der Waals surface area contributed by atoms with Gasteiger partial charge in [-0.15, -0.1) is 0 Å². The van der Waals surface area contributed by atoms with Crippen LogP contribution in [0.25, 0.3) is 22.4 Å². The van der Waals surface area contributed by atoms with E-state index in [0.29, 0.717) is 28.7 Å². The number of fused-ring (bicyclic) bond motifs is 1. The molecule has 0 spiro atoms. The topological polar surface area (TPSA) is 98.1 Å². The SMILES string of the molecule is CCOC(=O)c1ccc(-c2cnc3nc(SC)nc(O)c3n2)cc1. The van der Waals surface area contributed by atoms with Crippen LogP contribution in [0.2, 0.25) is 0 Å². The van der Waals surface area contributed by atoms with E-state index < -0.39 is 0 Å². The first-order valence-electron chi connectivity index (χ1n) is 7.17. The van der Waals surface area contributed by atoms with E-state index in [1.807, 2.05) is 6.26 Å². The zero-order valence-corrected chi connectivity index (χ0v) is 13.9. The lowest BCUT2D eigenvalue weighted by atomic mass is 10.1. The molecule has 0 saturated carbocycles. The first kappa shape index (κ1) is 16.1. The minimum Gasteiger partial charge on any atom is -0.492 e. The normalized spacial score (nSPS) is 10.8. The molecule has 122 valence electrons. The molecule has 0 radical (unpaired) electrons. The highest BCUT2D eigenvalue weighted by Gasteiger charge is 2.12. The summed E-state index contributed by atoms with van der Waals surface area (Å²) in [6.07, 6.45) is 3.38. The van der Waals surface area contributed by atoms with E-state index in [9.17, 15) is 9.90 Å². The Balaban J connectivity index is 1.97. The average molecular weight is 342 g/mol. The van der Waals surface area contributed by atoms with Gasteiger partial charge in [0.05, 0.1) is 24.1 Å². The Morgan fingerprint density at radius 1 is 1.21 bits per heavy atom. The van der Waals surface area contributed by atoms with Crippen molar-refractivity contribution in [1.82, 2.24) is 19.9 Å². The third-order valence-electron chi connectivity index (χ3n) is 3.24. The van der Waals surface area contributed by atoms with Gasteiger partial charge >= 0.3 is 5.97 Å². The highest BCUT2D eigenvalue weighted by molar-refractivity contribution is 7.98. The number of esters is 1.